The molecule has 0 unspecified atom stereocenters. The van der Waals surface area contributed by atoms with E-state index < -0.39 is 16.1 Å². The summed E-state index contributed by atoms with van der Waals surface area (Å²) in [6.45, 7) is 4.08. The number of benzene rings is 2. The molecule has 174 valence electrons. The Morgan fingerprint density at radius 1 is 1.09 bits per heavy atom. The van der Waals surface area contributed by atoms with E-state index in [2.05, 4.69) is 5.32 Å². The number of aryl methyl sites for hydroxylation is 1. The molecule has 1 atom stereocenters. The van der Waals surface area contributed by atoms with Crippen molar-refractivity contribution in [1.82, 2.24) is 10.2 Å². The van der Waals surface area contributed by atoms with Gasteiger partial charge in [-0.3, -0.25) is 13.9 Å². The molecule has 0 heterocycles. The molecule has 0 aliphatic rings. The molecule has 2 rings (SSSR count). The Bertz CT molecular complexity index is 1040. The Morgan fingerprint density at radius 2 is 1.72 bits per heavy atom. The molecule has 0 aliphatic heterocycles. The van der Waals surface area contributed by atoms with E-state index in [0.717, 1.165) is 17.4 Å². The Kier molecular flexibility index (Phi) is 9.09. The van der Waals surface area contributed by atoms with E-state index >= 15 is 0 Å². The lowest BCUT2D eigenvalue weighted by atomic mass is 10.1. The third kappa shape index (κ3) is 6.97. The minimum atomic E-state index is -3.54. The van der Waals surface area contributed by atoms with E-state index in [0.29, 0.717) is 23.7 Å². The molecule has 0 saturated heterocycles. The molecule has 1 N–H and O–H groups in total. The fourth-order valence-corrected chi connectivity index (χ4v) is 4.47. The molecule has 0 radical (unpaired) electrons. The molecule has 0 fully saturated rings. The molecule has 2 aromatic carbocycles. The van der Waals surface area contributed by atoms with Gasteiger partial charge in [-0.1, -0.05) is 35.9 Å². The zero-order chi connectivity index (χ0) is 23.9. The molecule has 7 nitrogen and oxygen atoms in total. The van der Waals surface area contributed by atoms with Gasteiger partial charge in [0, 0.05) is 31.6 Å². The van der Waals surface area contributed by atoms with Crippen LogP contribution in [0.4, 0.5) is 5.69 Å². The number of nitrogens with zero attached hydrogens (tertiary/aromatic N) is 2. The largest absolute Gasteiger partial charge is 0.357 e. The van der Waals surface area contributed by atoms with Gasteiger partial charge in [-0.15, -0.1) is 0 Å². The first-order chi connectivity index (χ1) is 15.0. The number of carbonyl (C=O) groups excluding carboxylic acids is 2. The number of hydrogen-bond acceptors (Lipinski definition) is 4. The van der Waals surface area contributed by atoms with Crippen LogP contribution in [0.2, 0.25) is 5.02 Å². The van der Waals surface area contributed by atoms with Crippen LogP contribution in [-0.2, 0) is 26.2 Å². The van der Waals surface area contributed by atoms with Gasteiger partial charge in [0.1, 0.15) is 6.04 Å². The highest BCUT2D eigenvalue weighted by Gasteiger charge is 2.26. The number of carbonyl (C=O) groups is 2. The topological polar surface area (TPSA) is 86.8 Å². The maximum Gasteiger partial charge on any atom is 0.242 e. The number of hydrogen-bond donors (Lipinski definition) is 1. The number of sulfonamides is 1. The Hall–Kier alpha value is -2.58. The summed E-state index contributed by atoms with van der Waals surface area (Å²) < 4.78 is 25.8. The molecule has 0 spiro atoms. The molecule has 0 aliphatic carbocycles. The summed E-state index contributed by atoms with van der Waals surface area (Å²) in [7, 11) is -2.00. The molecular weight excluding hydrogens is 450 g/mol. The van der Waals surface area contributed by atoms with Crippen molar-refractivity contribution >= 4 is 39.1 Å². The van der Waals surface area contributed by atoms with Gasteiger partial charge < -0.3 is 10.2 Å². The summed E-state index contributed by atoms with van der Waals surface area (Å²) in [6.07, 6.45) is 1.54. The molecule has 0 aromatic heterocycles. The second-order valence-electron chi connectivity index (χ2n) is 7.65. The Labute approximate surface area is 195 Å². The molecule has 0 bridgehead atoms. The van der Waals surface area contributed by atoms with Crippen LogP contribution in [0.1, 0.15) is 30.9 Å². The van der Waals surface area contributed by atoms with Crippen LogP contribution in [0.5, 0.6) is 0 Å². The zero-order valence-electron chi connectivity index (χ0n) is 18.8. The SMILES string of the molecule is CNC(=O)[C@H](C)N(Cc1ccccc1C)C(=O)CCCN(c1ccc(Cl)cc1)S(C)(=O)=O. The zero-order valence-corrected chi connectivity index (χ0v) is 20.4. The van der Waals surface area contributed by atoms with Crippen molar-refractivity contribution in [1.29, 1.82) is 0 Å². The molecule has 9 heteroatoms. The highest BCUT2D eigenvalue weighted by molar-refractivity contribution is 7.92. The van der Waals surface area contributed by atoms with E-state index in [9.17, 15) is 18.0 Å². The fourth-order valence-electron chi connectivity index (χ4n) is 3.37. The standard InChI is InChI=1S/C23H30ClN3O4S/c1-17-8-5-6-9-19(17)16-26(18(2)23(29)25-3)22(28)10-7-15-27(32(4,30)31)21-13-11-20(24)12-14-21/h5-6,8-9,11-14,18H,7,10,15-16H2,1-4H3,(H,25,29)/t18-/m0/s1. The van der Waals surface area contributed by atoms with Crippen LogP contribution in [0.15, 0.2) is 48.5 Å². The Balaban J connectivity index is 2.14. The highest BCUT2D eigenvalue weighted by atomic mass is 35.5. The fraction of sp³-hybridized carbons (Fsp3) is 0.391. The Morgan fingerprint density at radius 3 is 2.28 bits per heavy atom. The molecule has 2 aromatic rings. The van der Waals surface area contributed by atoms with Crippen molar-refractivity contribution in [2.24, 2.45) is 0 Å². The summed E-state index contributed by atoms with van der Waals surface area (Å²) in [5.74, 6) is -0.472. The first kappa shape index (κ1) is 25.7. The molecule has 0 saturated carbocycles. The number of halogens is 1. The lowest BCUT2D eigenvalue weighted by molar-refractivity contribution is -0.140. The number of amides is 2. The average Bonchev–Trinajstić information content (AvgIpc) is 2.75. The van der Waals surface area contributed by atoms with Crippen molar-refractivity contribution in [3.8, 4) is 0 Å². The monoisotopic (exact) mass is 479 g/mol. The van der Waals surface area contributed by atoms with Crippen molar-refractivity contribution in [2.45, 2.75) is 39.3 Å². The van der Waals surface area contributed by atoms with E-state index in [4.69, 9.17) is 11.6 Å². The first-order valence-electron chi connectivity index (χ1n) is 10.3. The van der Waals surface area contributed by atoms with Gasteiger partial charge in [-0.25, -0.2) is 8.42 Å². The summed E-state index contributed by atoms with van der Waals surface area (Å²) >= 11 is 5.91. The average molecular weight is 480 g/mol. The maximum absolute atomic E-state index is 13.1. The predicted octanol–water partition coefficient (Wildman–Crippen LogP) is 3.36. The van der Waals surface area contributed by atoms with Crippen LogP contribution in [0, 0.1) is 6.92 Å². The molecule has 2 amide bonds. The van der Waals surface area contributed by atoms with Crippen molar-refractivity contribution in [3.05, 3.63) is 64.7 Å². The van der Waals surface area contributed by atoms with Gasteiger partial charge in [0.15, 0.2) is 0 Å². The normalized spacial score (nSPS) is 12.2. The molecule has 32 heavy (non-hydrogen) atoms. The van der Waals surface area contributed by atoms with Gasteiger partial charge in [-0.2, -0.15) is 0 Å². The summed E-state index contributed by atoms with van der Waals surface area (Å²) in [6, 6.07) is 13.5. The van der Waals surface area contributed by atoms with Crippen molar-refractivity contribution in [2.75, 3.05) is 24.2 Å². The number of nitrogens with one attached hydrogen (secondary N) is 1. The van der Waals surface area contributed by atoms with E-state index in [1.807, 2.05) is 31.2 Å². The van der Waals surface area contributed by atoms with Crippen LogP contribution < -0.4 is 9.62 Å². The second-order valence-corrected chi connectivity index (χ2v) is 10.00. The first-order valence-corrected chi connectivity index (χ1v) is 12.6. The maximum atomic E-state index is 13.1. The highest BCUT2D eigenvalue weighted by Crippen LogP contribution is 2.21. The summed E-state index contributed by atoms with van der Waals surface area (Å²) in [5, 5.41) is 3.10. The third-order valence-corrected chi connectivity index (χ3v) is 6.73. The number of rotatable bonds is 10. The van der Waals surface area contributed by atoms with E-state index in [-0.39, 0.29) is 24.8 Å². The number of anilines is 1. The predicted molar refractivity (Wildman–Crippen MR) is 128 cm³/mol. The lowest BCUT2D eigenvalue weighted by Gasteiger charge is -2.29. The minimum absolute atomic E-state index is 0.104. The van der Waals surface area contributed by atoms with Gasteiger partial charge >= 0.3 is 0 Å². The lowest BCUT2D eigenvalue weighted by Crippen LogP contribution is -2.47. The van der Waals surface area contributed by atoms with Crippen molar-refractivity contribution in [3.63, 3.8) is 0 Å². The molecular formula is C23H30ClN3O4S. The van der Waals surface area contributed by atoms with Gasteiger partial charge in [0.2, 0.25) is 21.8 Å². The van der Waals surface area contributed by atoms with Crippen molar-refractivity contribution < 1.29 is 18.0 Å². The van der Waals surface area contributed by atoms with Gasteiger partial charge in [-0.05, 0) is 55.7 Å². The second kappa shape index (κ2) is 11.3. The van der Waals surface area contributed by atoms with E-state index in [1.54, 1.807) is 31.2 Å². The van der Waals surface area contributed by atoms with Crippen LogP contribution in [0.25, 0.3) is 0 Å². The third-order valence-electron chi connectivity index (χ3n) is 5.28. The van der Waals surface area contributed by atoms with Crippen LogP contribution >= 0.6 is 11.6 Å². The summed E-state index contributed by atoms with van der Waals surface area (Å²) in [4.78, 5) is 26.9. The van der Waals surface area contributed by atoms with Crippen LogP contribution in [0.3, 0.4) is 0 Å². The van der Waals surface area contributed by atoms with Crippen LogP contribution in [-0.4, -0.2) is 51.0 Å². The minimum Gasteiger partial charge on any atom is -0.357 e. The van der Waals surface area contributed by atoms with Gasteiger partial charge in [0.05, 0.1) is 11.9 Å². The summed E-state index contributed by atoms with van der Waals surface area (Å²) in [5.41, 5.74) is 2.47. The smallest absolute Gasteiger partial charge is 0.242 e. The quantitative estimate of drug-likeness (QED) is 0.566. The van der Waals surface area contributed by atoms with E-state index in [1.165, 1.54) is 16.3 Å². The number of likely N-dealkylation sites (N-methyl/N-ethyl adjacent to an activating group) is 1. The van der Waals surface area contributed by atoms with Gasteiger partial charge in [0.25, 0.3) is 0 Å².